The second-order valence-corrected chi connectivity index (χ2v) is 10.3. The molecule has 1 spiro atoms. The zero-order chi connectivity index (χ0) is 26.7. The van der Waals surface area contributed by atoms with E-state index in [9.17, 15) is 19.8 Å². The monoisotopic (exact) mass is 520 g/mol. The number of carbonyl (C=O) groups excluding carboxylic acids is 2. The molecule has 0 saturated heterocycles. The van der Waals surface area contributed by atoms with Gasteiger partial charge in [0.15, 0.2) is 16.8 Å². The smallest absolute Gasteiger partial charge is 0.340 e. The summed E-state index contributed by atoms with van der Waals surface area (Å²) in [5.41, 5.74) is 5.62. The maximum Gasteiger partial charge on any atom is 0.340 e. The Morgan fingerprint density at radius 3 is 2.11 bits per heavy atom. The van der Waals surface area contributed by atoms with E-state index in [1.165, 1.54) is 24.3 Å². The minimum absolute atomic E-state index is 0.0403. The topological polar surface area (TPSA) is 140 Å². The minimum Gasteiger partial charge on any atom is -0.508 e. The van der Waals surface area contributed by atoms with Crippen molar-refractivity contribution >= 4 is 29.3 Å². The molecule has 0 aromatic heterocycles. The van der Waals surface area contributed by atoms with Crippen LogP contribution in [0.15, 0.2) is 54.6 Å². The van der Waals surface area contributed by atoms with Crippen LogP contribution in [0.25, 0.3) is 0 Å². The predicted octanol–water partition coefficient (Wildman–Crippen LogP) is 3.88. The van der Waals surface area contributed by atoms with E-state index in [-0.39, 0.29) is 33.7 Å². The number of thiocarbonyl (C=S) groups is 1. The lowest BCUT2D eigenvalue weighted by Crippen LogP contribution is -2.40. The molecular formula is C27H24N2O7S. The van der Waals surface area contributed by atoms with Crippen LogP contribution in [0.3, 0.4) is 0 Å². The molecule has 5 rings (SSSR count). The first-order valence-corrected chi connectivity index (χ1v) is 11.8. The molecule has 0 radical (unpaired) electrons. The third kappa shape index (κ3) is 4.09. The molecule has 0 aliphatic carbocycles. The Bertz CT molecular complexity index is 1430. The van der Waals surface area contributed by atoms with Crippen LogP contribution in [0.2, 0.25) is 0 Å². The van der Waals surface area contributed by atoms with E-state index < -0.39 is 29.2 Å². The number of esters is 2. The molecule has 1 atom stereocenters. The standard InChI is InChI=1S/C27H24N2O7S/c1-26(2,3)35-24(33)22(29-25(28)37)13-4-7-17-16(10-13)23(32)36-27(17)18-8-5-14(30)11-20(18)34-21-12-15(31)6-9-19(21)27/h4-12,22,30-31H,1-3H3,(H3,28,29,37). The van der Waals surface area contributed by atoms with E-state index in [2.05, 4.69) is 5.32 Å². The highest BCUT2D eigenvalue weighted by Crippen LogP contribution is 2.57. The third-order valence-corrected chi connectivity index (χ3v) is 6.18. The van der Waals surface area contributed by atoms with Gasteiger partial charge in [0.1, 0.15) is 28.6 Å². The van der Waals surface area contributed by atoms with Crippen LogP contribution in [0.1, 0.15) is 59.4 Å². The van der Waals surface area contributed by atoms with Crippen LogP contribution in [0.4, 0.5) is 0 Å². The van der Waals surface area contributed by atoms with Gasteiger partial charge in [0.05, 0.1) is 5.56 Å². The summed E-state index contributed by atoms with van der Waals surface area (Å²) in [6, 6.07) is 12.8. The summed E-state index contributed by atoms with van der Waals surface area (Å²) in [5, 5.41) is 22.8. The molecule has 190 valence electrons. The number of phenolic OH excluding ortho intramolecular Hbond substituents is 2. The summed E-state index contributed by atoms with van der Waals surface area (Å²) in [6.07, 6.45) is 0. The van der Waals surface area contributed by atoms with E-state index in [4.69, 9.17) is 32.2 Å². The summed E-state index contributed by atoms with van der Waals surface area (Å²) in [5.74, 6) is -0.791. The molecule has 0 fully saturated rings. The Hall–Kier alpha value is -4.31. The first-order valence-electron chi connectivity index (χ1n) is 11.4. The molecule has 0 saturated carbocycles. The van der Waals surface area contributed by atoms with Crippen molar-refractivity contribution in [1.29, 1.82) is 0 Å². The Morgan fingerprint density at radius 2 is 1.57 bits per heavy atom. The molecule has 2 aliphatic heterocycles. The Labute approximate surface area is 217 Å². The SMILES string of the molecule is CC(C)(C)OC(=O)C(NC(N)=S)c1ccc2c(c1)C(=O)OC21c2ccc(O)cc2Oc2cc(O)ccc21. The highest BCUT2D eigenvalue weighted by atomic mass is 32.1. The van der Waals surface area contributed by atoms with Gasteiger partial charge in [0.25, 0.3) is 0 Å². The fourth-order valence-corrected chi connectivity index (χ4v) is 4.80. The molecule has 1 unspecified atom stereocenters. The zero-order valence-electron chi connectivity index (χ0n) is 20.2. The third-order valence-electron chi connectivity index (χ3n) is 6.06. The minimum atomic E-state index is -1.41. The first-order chi connectivity index (χ1) is 17.4. The zero-order valence-corrected chi connectivity index (χ0v) is 21.0. The van der Waals surface area contributed by atoms with Crippen LogP contribution < -0.4 is 15.8 Å². The van der Waals surface area contributed by atoms with Gasteiger partial charge in [-0.2, -0.15) is 0 Å². The van der Waals surface area contributed by atoms with Gasteiger partial charge in [-0.05, 0) is 68.9 Å². The van der Waals surface area contributed by atoms with Crippen LogP contribution in [0.5, 0.6) is 23.0 Å². The molecule has 3 aromatic rings. The summed E-state index contributed by atoms with van der Waals surface area (Å²) in [4.78, 5) is 26.3. The van der Waals surface area contributed by atoms with Gasteiger partial charge in [0, 0.05) is 28.8 Å². The number of fused-ring (bicyclic) bond motifs is 6. The van der Waals surface area contributed by atoms with E-state index >= 15 is 0 Å². The highest BCUT2D eigenvalue weighted by molar-refractivity contribution is 7.80. The van der Waals surface area contributed by atoms with Crippen LogP contribution in [-0.4, -0.2) is 32.9 Å². The number of hydrogen-bond acceptors (Lipinski definition) is 8. The summed E-state index contributed by atoms with van der Waals surface area (Å²) in [7, 11) is 0. The Morgan fingerprint density at radius 1 is 1.00 bits per heavy atom. The molecule has 2 heterocycles. The maximum atomic E-state index is 13.3. The average molecular weight is 521 g/mol. The lowest BCUT2D eigenvalue weighted by molar-refractivity contribution is -0.157. The van der Waals surface area contributed by atoms with Crippen molar-refractivity contribution in [2.24, 2.45) is 5.73 Å². The van der Waals surface area contributed by atoms with Gasteiger partial charge in [-0.15, -0.1) is 0 Å². The number of nitrogens with two attached hydrogens (primary N) is 1. The van der Waals surface area contributed by atoms with E-state index in [1.54, 1.807) is 51.1 Å². The summed E-state index contributed by atoms with van der Waals surface area (Å²) < 4.78 is 17.6. The number of aromatic hydroxyl groups is 2. The summed E-state index contributed by atoms with van der Waals surface area (Å²) in [6.45, 7) is 5.21. The molecule has 3 aromatic carbocycles. The van der Waals surface area contributed by atoms with Crippen molar-refractivity contribution in [2.75, 3.05) is 0 Å². The van der Waals surface area contributed by atoms with Crippen molar-refractivity contribution in [3.63, 3.8) is 0 Å². The predicted molar refractivity (Wildman–Crippen MR) is 137 cm³/mol. The molecule has 0 bridgehead atoms. The number of nitrogens with one attached hydrogen (secondary N) is 1. The van der Waals surface area contributed by atoms with Crippen molar-refractivity contribution < 1.29 is 34.0 Å². The molecule has 10 heteroatoms. The second-order valence-electron chi connectivity index (χ2n) is 9.81. The summed E-state index contributed by atoms with van der Waals surface area (Å²) >= 11 is 4.97. The number of carbonyl (C=O) groups is 2. The Balaban J connectivity index is 1.69. The van der Waals surface area contributed by atoms with Crippen molar-refractivity contribution in [3.8, 4) is 23.0 Å². The average Bonchev–Trinajstić information content (AvgIpc) is 3.08. The number of rotatable bonds is 3. The molecule has 2 aliphatic rings. The fourth-order valence-electron chi connectivity index (χ4n) is 4.68. The number of ether oxygens (including phenoxy) is 3. The van der Waals surface area contributed by atoms with E-state index in [0.29, 0.717) is 22.3 Å². The fraction of sp³-hybridized carbons (Fsp3) is 0.222. The van der Waals surface area contributed by atoms with Crippen molar-refractivity contribution in [3.05, 3.63) is 82.4 Å². The quantitative estimate of drug-likeness (QED) is 0.297. The first kappa shape index (κ1) is 24.4. The normalized spacial score (nSPS) is 15.5. The maximum absolute atomic E-state index is 13.3. The van der Waals surface area contributed by atoms with Crippen LogP contribution >= 0.6 is 12.2 Å². The lowest BCUT2D eigenvalue weighted by Gasteiger charge is -2.36. The van der Waals surface area contributed by atoms with Crippen molar-refractivity contribution in [1.82, 2.24) is 5.32 Å². The molecule has 37 heavy (non-hydrogen) atoms. The van der Waals surface area contributed by atoms with Gasteiger partial charge < -0.3 is 35.5 Å². The van der Waals surface area contributed by atoms with Crippen molar-refractivity contribution in [2.45, 2.75) is 38.0 Å². The van der Waals surface area contributed by atoms with Gasteiger partial charge >= 0.3 is 11.9 Å². The molecule has 5 N–H and O–H groups in total. The largest absolute Gasteiger partial charge is 0.508 e. The van der Waals surface area contributed by atoms with Crippen LogP contribution in [0, 0.1) is 0 Å². The highest BCUT2D eigenvalue weighted by Gasteiger charge is 2.54. The molecule has 0 amide bonds. The number of benzene rings is 3. The molecular weight excluding hydrogens is 496 g/mol. The number of phenols is 2. The van der Waals surface area contributed by atoms with Gasteiger partial charge in [0.2, 0.25) is 0 Å². The van der Waals surface area contributed by atoms with Gasteiger partial charge in [-0.25, -0.2) is 9.59 Å². The second kappa shape index (κ2) is 8.38. The van der Waals surface area contributed by atoms with E-state index in [1.807, 2.05) is 0 Å². The van der Waals surface area contributed by atoms with Gasteiger partial charge in [-0.1, -0.05) is 12.1 Å². The van der Waals surface area contributed by atoms with Crippen LogP contribution in [-0.2, 0) is 19.9 Å². The number of hydrogen-bond donors (Lipinski definition) is 4. The lowest BCUT2D eigenvalue weighted by atomic mass is 9.77. The van der Waals surface area contributed by atoms with E-state index in [0.717, 1.165) is 0 Å². The van der Waals surface area contributed by atoms with Gasteiger partial charge in [-0.3, -0.25) is 0 Å². The molecule has 9 nitrogen and oxygen atoms in total. The Kier molecular flexibility index (Phi) is 5.52.